The van der Waals surface area contributed by atoms with Gasteiger partial charge in [0.2, 0.25) is 5.91 Å². The van der Waals surface area contributed by atoms with Crippen molar-refractivity contribution in [2.45, 2.75) is 6.92 Å². The molecule has 0 aliphatic heterocycles. The average Bonchev–Trinajstić information content (AvgIpc) is 2.61. The van der Waals surface area contributed by atoms with Gasteiger partial charge in [-0.15, -0.1) is 0 Å². The summed E-state index contributed by atoms with van der Waals surface area (Å²) in [7, 11) is 5.52. The van der Waals surface area contributed by atoms with Crippen LogP contribution in [0, 0.1) is 6.92 Å². The molecule has 1 aromatic heterocycles. The molecule has 1 amide bonds. The fourth-order valence-corrected chi connectivity index (χ4v) is 2.35. The molecule has 0 bridgehead atoms. The number of amides is 1. The van der Waals surface area contributed by atoms with Crippen LogP contribution >= 0.6 is 11.6 Å². The number of hydrogen-bond acceptors (Lipinski definition) is 3. The first-order valence-corrected chi connectivity index (χ1v) is 6.34. The lowest BCUT2D eigenvalue weighted by molar-refractivity contribution is -0.116. The summed E-state index contributed by atoms with van der Waals surface area (Å²) >= 11 is 6.22. The second-order valence-electron chi connectivity index (χ2n) is 4.85. The van der Waals surface area contributed by atoms with Gasteiger partial charge in [0.1, 0.15) is 0 Å². The largest absolute Gasteiger partial charge is 0.308 e. The summed E-state index contributed by atoms with van der Waals surface area (Å²) in [5.74, 6) is 0.403. The summed E-state index contributed by atoms with van der Waals surface area (Å²) in [5, 5.41) is 8.53. The molecular weight excluding hydrogens is 264 g/mol. The van der Waals surface area contributed by atoms with E-state index in [1.807, 2.05) is 40.2 Å². The van der Waals surface area contributed by atoms with E-state index >= 15 is 0 Å². The van der Waals surface area contributed by atoms with Crippen molar-refractivity contribution in [3.8, 4) is 0 Å². The van der Waals surface area contributed by atoms with Crippen LogP contribution in [0.1, 0.15) is 5.56 Å². The second-order valence-corrected chi connectivity index (χ2v) is 5.25. The fraction of sp³-hybridized carbons (Fsp3) is 0.385. The molecule has 0 fully saturated rings. The van der Waals surface area contributed by atoms with Crippen molar-refractivity contribution >= 4 is 34.2 Å². The van der Waals surface area contributed by atoms with E-state index in [4.69, 9.17) is 11.6 Å². The first-order chi connectivity index (χ1) is 8.90. The number of rotatable bonds is 3. The Morgan fingerprint density at radius 1 is 1.47 bits per heavy atom. The van der Waals surface area contributed by atoms with Crippen LogP contribution in [0.15, 0.2) is 12.1 Å². The number of nitrogens with one attached hydrogen (secondary N) is 1. The van der Waals surface area contributed by atoms with Crippen LogP contribution in [0.2, 0.25) is 5.02 Å². The number of carbonyl (C=O) groups excluding carboxylic acids is 1. The van der Waals surface area contributed by atoms with E-state index in [2.05, 4.69) is 10.4 Å². The van der Waals surface area contributed by atoms with Crippen LogP contribution in [0.4, 0.5) is 5.82 Å². The summed E-state index contributed by atoms with van der Waals surface area (Å²) in [6.07, 6.45) is 0. The second kappa shape index (κ2) is 5.19. The zero-order valence-corrected chi connectivity index (χ0v) is 12.2. The molecule has 1 aromatic carbocycles. The zero-order valence-electron chi connectivity index (χ0n) is 11.5. The molecule has 0 aliphatic rings. The zero-order chi connectivity index (χ0) is 14.2. The van der Waals surface area contributed by atoms with E-state index in [9.17, 15) is 4.79 Å². The van der Waals surface area contributed by atoms with Crippen molar-refractivity contribution in [1.82, 2.24) is 14.7 Å². The summed E-state index contributed by atoms with van der Waals surface area (Å²) < 4.78 is 1.74. The Kier molecular flexibility index (Phi) is 3.78. The van der Waals surface area contributed by atoms with Gasteiger partial charge in [-0.25, -0.2) is 0 Å². The van der Waals surface area contributed by atoms with Crippen molar-refractivity contribution < 1.29 is 4.79 Å². The number of benzene rings is 1. The highest BCUT2D eigenvalue weighted by Crippen LogP contribution is 2.31. The van der Waals surface area contributed by atoms with Gasteiger partial charge in [0.15, 0.2) is 5.82 Å². The van der Waals surface area contributed by atoms with Crippen LogP contribution in [-0.2, 0) is 11.8 Å². The first kappa shape index (κ1) is 13.8. The van der Waals surface area contributed by atoms with Crippen molar-refractivity contribution in [2.24, 2.45) is 7.05 Å². The van der Waals surface area contributed by atoms with Gasteiger partial charge in [-0.3, -0.25) is 9.48 Å². The highest BCUT2D eigenvalue weighted by Gasteiger charge is 2.16. The molecular formula is C13H17ClN4O. The number of anilines is 1. The van der Waals surface area contributed by atoms with Crippen LogP contribution in [0.3, 0.4) is 0 Å². The molecule has 0 radical (unpaired) electrons. The average molecular weight is 281 g/mol. The van der Waals surface area contributed by atoms with Crippen molar-refractivity contribution in [3.05, 3.63) is 22.7 Å². The minimum Gasteiger partial charge on any atom is -0.308 e. The third-order valence-electron chi connectivity index (χ3n) is 2.86. The van der Waals surface area contributed by atoms with Gasteiger partial charge in [0, 0.05) is 7.05 Å². The van der Waals surface area contributed by atoms with E-state index in [-0.39, 0.29) is 5.91 Å². The molecule has 1 heterocycles. The van der Waals surface area contributed by atoms with E-state index in [1.165, 1.54) is 0 Å². The number of halogens is 1. The summed E-state index contributed by atoms with van der Waals surface area (Å²) in [5.41, 5.74) is 2.01. The molecule has 2 aromatic rings. The molecule has 0 spiro atoms. The lowest BCUT2D eigenvalue weighted by Crippen LogP contribution is -2.27. The molecule has 102 valence electrons. The lowest BCUT2D eigenvalue weighted by Gasteiger charge is -2.08. The van der Waals surface area contributed by atoms with E-state index in [0.29, 0.717) is 17.4 Å². The van der Waals surface area contributed by atoms with Crippen LogP contribution < -0.4 is 5.32 Å². The highest BCUT2D eigenvalue weighted by atomic mass is 35.5. The third kappa shape index (κ3) is 2.72. The number of likely N-dealkylation sites (N-methyl/N-ethyl adjacent to an activating group) is 1. The smallest absolute Gasteiger partial charge is 0.239 e. The molecule has 5 nitrogen and oxygen atoms in total. The number of aryl methyl sites for hydroxylation is 2. The molecule has 2 rings (SSSR count). The maximum absolute atomic E-state index is 11.8. The van der Waals surface area contributed by atoms with Crippen LogP contribution in [0.25, 0.3) is 10.9 Å². The Hall–Kier alpha value is -1.59. The lowest BCUT2D eigenvalue weighted by atomic mass is 10.1. The van der Waals surface area contributed by atoms with Gasteiger partial charge in [-0.05, 0) is 32.6 Å². The Morgan fingerprint density at radius 3 is 2.79 bits per heavy atom. The van der Waals surface area contributed by atoms with Crippen molar-refractivity contribution in [1.29, 1.82) is 0 Å². The Morgan fingerprint density at radius 2 is 2.16 bits per heavy atom. The van der Waals surface area contributed by atoms with Gasteiger partial charge in [0.05, 0.1) is 22.5 Å². The number of hydrogen-bond donors (Lipinski definition) is 1. The summed E-state index contributed by atoms with van der Waals surface area (Å²) in [6, 6.07) is 3.76. The fourth-order valence-electron chi connectivity index (χ4n) is 2.11. The predicted molar refractivity (Wildman–Crippen MR) is 77.6 cm³/mol. The molecule has 0 atom stereocenters. The topological polar surface area (TPSA) is 50.2 Å². The highest BCUT2D eigenvalue weighted by molar-refractivity contribution is 6.36. The monoisotopic (exact) mass is 280 g/mol. The van der Waals surface area contributed by atoms with E-state index in [0.717, 1.165) is 16.5 Å². The van der Waals surface area contributed by atoms with Crippen LogP contribution in [0.5, 0.6) is 0 Å². The third-order valence-corrected chi connectivity index (χ3v) is 3.17. The van der Waals surface area contributed by atoms with Gasteiger partial charge < -0.3 is 10.2 Å². The van der Waals surface area contributed by atoms with Crippen LogP contribution in [-0.4, -0.2) is 41.2 Å². The van der Waals surface area contributed by atoms with E-state index < -0.39 is 0 Å². The van der Waals surface area contributed by atoms with E-state index in [1.54, 1.807) is 9.58 Å². The number of fused-ring (bicyclic) bond motifs is 1. The quantitative estimate of drug-likeness (QED) is 0.936. The Bertz CT molecular complexity index is 633. The standard InChI is InChI=1S/C13H17ClN4O/c1-8-5-6-9(14)11-12(8)18(4)16-13(11)15-10(19)7-17(2)3/h5-6H,7H2,1-4H3,(H,15,16,19). The van der Waals surface area contributed by atoms with Crippen molar-refractivity contribution in [2.75, 3.05) is 26.0 Å². The van der Waals surface area contributed by atoms with Crippen molar-refractivity contribution in [3.63, 3.8) is 0 Å². The molecule has 0 saturated carbocycles. The molecule has 0 aliphatic carbocycles. The normalized spacial score (nSPS) is 11.3. The molecule has 19 heavy (non-hydrogen) atoms. The minimum absolute atomic E-state index is 0.109. The molecule has 1 N–H and O–H groups in total. The van der Waals surface area contributed by atoms with Gasteiger partial charge in [0.25, 0.3) is 0 Å². The Balaban J connectivity index is 2.45. The number of carbonyl (C=O) groups is 1. The van der Waals surface area contributed by atoms with Gasteiger partial charge >= 0.3 is 0 Å². The number of nitrogens with zero attached hydrogens (tertiary/aromatic N) is 3. The maximum atomic E-state index is 11.8. The van der Waals surface area contributed by atoms with Gasteiger partial charge in [-0.1, -0.05) is 17.7 Å². The summed E-state index contributed by atoms with van der Waals surface area (Å²) in [6.45, 7) is 2.30. The predicted octanol–water partition coefficient (Wildman–Crippen LogP) is 2.04. The van der Waals surface area contributed by atoms with Gasteiger partial charge in [-0.2, -0.15) is 5.10 Å². The summed E-state index contributed by atoms with van der Waals surface area (Å²) in [4.78, 5) is 13.6. The molecule has 6 heteroatoms. The SMILES string of the molecule is Cc1ccc(Cl)c2c(NC(=O)CN(C)C)nn(C)c12. The Labute approximate surface area is 117 Å². The molecule has 0 unspecified atom stereocenters. The molecule has 0 saturated heterocycles. The maximum Gasteiger partial charge on any atom is 0.239 e. The number of aromatic nitrogens is 2. The first-order valence-electron chi connectivity index (χ1n) is 5.96. The minimum atomic E-state index is -0.109.